The number of rotatable bonds is 9. The molecule has 0 spiro atoms. The summed E-state index contributed by atoms with van der Waals surface area (Å²) in [6.45, 7) is 1.42. The Morgan fingerprint density at radius 3 is 2.19 bits per heavy atom. The van der Waals surface area contributed by atoms with Gasteiger partial charge in [0.2, 0.25) is 5.91 Å². The van der Waals surface area contributed by atoms with Crippen LogP contribution in [-0.4, -0.2) is 46.7 Å². The number of aliphatic carboxylic acids is 1. The number of carbonyl (C=O) groups excluding carboxylic acids is 2. The molecule has 190 valence electrons. The molecule has 0 fully saturated rings. The van der Waals surface area contributed by atoms with E-state index in [4.69, 9.17) is 11.6 Å². The molecule has 1 aliphatic rings. The van der Waals surface area contributed by atoms with Gasteiger partial charge in [-0.3, -0.25) is 9.59 Å². The second kappa shape index (κ2) is 11.8. The van der Waals surface area contributed by atoms with Gasteiger partial charge in [0.25, 0.3) is 0 Å². The zero-order valence-electron chi connectivity index (χ0n) is 20.4. The first kappa shape index (κ1) is 26.1. The lowest BCUT2D eigenvalue weighted by Gasteiger charge is -2.38. The standard InChI is InChI=1S/C29H28ClN3O4/c1-19-26(27(22-13-8-14-23(30)17-22)33(18-25(34)35)29(37)32-19)28(36)31-16-15-24(20-9-4-2-5-10-20)21-11-6-3-7-12-21/h2-14,17,24,26-27H,15-16,18H2,1H3,(H,31,36)(H,34,35). The quantitative estimate of drug-likeness (QED) is 0.401. The molecule has 37 heavy (non-hydrogen) atoms. The fourth-order valence-electron chi connectivity index (χ4n) is 4.87. The fraction of sp³-hybridized carbons (Fsp3) is 0.241. The summed E-state index contributed by atoms with van der Waals surface area (Å²) in [6, 6.07) is 25.4. The second-order valence-electron chi connectivity index (χ2n) is 8.99. The lowest BCUT2D eigenvalue weighted by Crippen LogP contribution is -2.51. The SMILES string of the molecule is CC1=NC(=O)N(CC(=O)O)C(c2cccc(Cl)c2)C1C(=O)NCCC(c1ccccc1)c1ccccc1. The van der Waals surface area contributed by atoms with E-state index in [1.807, 2.05) is 36.4 Å². The maximum atomic E-state index is 13.6. The molecule has 0 radical (unpaired) electrons. The molecular weight excluding hydrogens is 490 g/mol. The number of amides is 3. The van der Waals surface area contributed by atoms with Crippen LogP contribution in [0.4, 0.5) is 4.79 Å². The molecule has 0 bridgehead atoms. The van der Waals surface area contributed by atoms with Crippen molar-refractivity contribution in [3.05, 3.63) is 107 Å². The van der Waals surface area contributed by atoms with Gasteiger partial charge in [0, 0.05) is 23.2 Å². The van der Waals surface area contributed by atoms with Gasteiger partial charge in [-0.15, -0.1) is 0 Å². The van der Waals surface area contributed by atoms with E-state index in [2.05, 4.69) is 34.6 Å². The van der Waals surface area contributed by atoms with E-state index >= 15 is 0 Å². The predicted octanol–water partition coefficient (Wildman–Crippen LogP) is 5.32. The second-order valence-corrected chi connectivity index (χ2v) is 9.43. The highest BCUT2D eigenvalue weighted by Crippen LogP contribution is 2.35. The van der Waals surface area contributed by atoms with Crippen molar-refractivity contribution in [1.29, 1.82) is 0 Å². The van der Waals surface area contributed by atoms with Crippen LogP contribution in [-0.2, 0) is 9.59 Å². The van der Waals surface area contributed by atoms with E-state index in [0.29, 0.717) is 29.3 Å². The Kier molecular flexibility index (Phi) is 8.36. The smallest absolute Gasteiger partial charge is 0.344 e. The number of benzene rings is 3. The minimum Gasteiger partial charge on any atom is -0.480 e. The van der Waals surface area contributed by atoms with Gasteiger partial charge in [-0.2, -0.15) is 0 Å². The number of nitrogens with one attached hydrogen (secondary N) is 1. The van der Waals surface area contributed by atoms with Crippen molar-refractivity contribution in [2.75, 3.05) is 13.1 Å². The Labute approximate surface area is 220 Å². The first-order valence-electron chi connectivity index (χ1n) is 12.1. The molecule has 1 heterocycles. The van der Waals surface area contributed by atoms with Crippen LogP contribution in [0.25, 0.3) is 0 Å². The van der Waals surface area contributed by atoms with Gasteiger partial charge in [-0.05, 0) is 42.2 Å². The maximum absolute atomic E-state index is 13.6. The number of urea groups is 1. The van der Waals surface area contributed by atoms with Gasteiger partial charge in [-0.25, -0.2) is 9.79 Å². The average molecular weight is 518 g/mol. The molecule has 7 nitrogen and oxygen atoms in total. The van der Waals surface area contributed by atoms with Crippen LogP contribution in [0.1, 0.15) is 42.0 Å². The molecule has 4 rings (SSSR count). The summed E-state index contributed by atoms with van der Waals surface area (Å²) in [4.78, 5) is 42.9. The number of halogens is 1. The highest BCUT2D eigenvalue weighted by atomic mass is 35.5. The molecule has 3 amide bonds. The van der Waals surface area contributed by atoms with Gasteiger partial charge < -0.3 is 15.3 Å². The number of hydrogen-bond donors (Lipinski definition) is 2. The molecular formula is C29H28ClN3O4. The first-order valence-corrected chi connectivity index (χ1v) is 12.4. The van der Waals surface area contributed by atoms with Crippen LogP contribution in [0.3, 0.4) is 0 Å². The largest absolute Gasteiger partial charge is 0.480 e. The monoisotopic (exact) mass is 517 g/mol. The van der Waals surface area contributed by atoms with Crippen LogP contribution in [0.15, 0.2) is 89.9 Å². The van der Waals surface area contributed by atoms with E-state index in [9.17, 15) is 19.5 Å². The summed E-state index contributed by atoms with van der Waals surface area (Å²) in [7, 11) is 0. The van der Waals surface area contributed by atoms with Crippen LogP contribution in [0.2, 0.25) is 5.02 Å². The lowest BCUT2D eigenvalue weighted by atomic mass is 9.85. The van der Waals surface area contributed by atoms with E-state index < -0.39 is 30.5 Å². The molecule has 0 saturated heterocycles. The van der Waals surface area contributed by atoms with E-state index in [-0.39, 0.29) is 11.8 Å². The molecule has 0 saturated carbocycles. The van der Waals surface area contributed by atoms with Crippen LogP contribution < -0.4 is 5.32 Å². The number of carboxylic acids is 1. The number of carbonyl (C=O) groups is 3. The van der Waals surface area contributed by atoms with Gasteiger partial charge in [0.05, 0.1) is 6.04 Å². The van der Waals surface area contributed by atoms with Gasteiger partial charge >= 0.3 is 12.0 Å². The zero-order chi connectivity index (χ0) is 26.4. The summed E-state index contributed by atoms with van der Waals surface area (Å²) < 4.78 is 0. The minimum atomic E-state index is -1.19. The number of nitrogens with zero attached hydrogens (tertiary/aromatic N) is 2. The number of hydrogen-bond acceptors (Lipinski definition) is 3. The van der Waals surface area contributed by atoms with Crippen molar-refractivity contribution in [2.24, 2.45) is 10.9 Å². The van der Waals surface area contributed by atoms with Crippen LogP contribution >= 0.6 is 11.6 Å². The molecule has 0 aromatic heterocycles. The molecule has 2 unspecified atom stereocenters. The maximum Gasteiger partial charge on any atom is 0.344 e. The van der Waals surface area contributed by atoms with E-state index in [1.165, 1.54) is 0 Å². The minimum absolute atomic E-state index is 0.0811. The normalized spacial score (nSPS) is 17.4. The topological polar surface area (TPSA) is 99.1 Å². The molecule has 8 heteroatoms. The summed E-state index contributed by atoms with van der Waals surface area (Å²) in [6.07, 6.45) is 0.655. The van der Waals surface area contributed by atoms with Crippen molar-refractivity contribution < 1.29 is 19.5 Å². The first-order chi connectivity index (χ1) is 17.8. The highest BCUT2D eigenvalue weighted by molar-refractivity contribution is 6.30. The lowest BCUT2D eigenvalue weighted by molar-refractivity contribution is -0.139. The average Bonchev–Trinajstić information content (AvgIpc) is 2.88. The fourth-order valence-corrected chi connectivity index (χ4v) is 5.06. The highest BCUT2D eigenvalue weighted by Gasteiger charge is 2.42. The van der Waals surface area contributed by atoms with E-state index in [1.54, 1.807) is 31.2 Å². The molecule has 3 aromatic carbocycles. The summed E-state index contributed by atoms with van der Waals surface area (Å²) in [5.74, 6) is -2.29. The molecule has 2 atom stereocenters. The Morgan fingerprint density at radius 2 is 1.62 bits per heavy atom. The van der Waals surface area contributed by atoms with Crippen LogP contribution in [0, 0.1) is 5.92 Å². The third kappa shape index (κ3) is 6.24. The Bertz CT molecular complexity index is 1260. The van der Waals surface area contributed by atoms with Crippen molar-refractivity contribution in [2.45, 2.75) is 25.3 Å². The predicted molar refractivity (Wildman–Crippen MR) is 143 cm³/mol. The number of carboxylic acid groups (broad SMARTS) is 1. The Balaban J connectivity index is 1.58. The number of aliphatic imine (C=N–C) groups is 1. The van der Waals surface area contributed by atoms with Crippen LogP contribution in [0.5, 0.6) is 0 Å². The van der Waals surface area contributed by atoms with Crippen molar-refractivity contribution in [3.63, 3.8) is 0 Å². The van der Waals surface area contributed by atoms with Crippen molar-refractivity contribution in [1.82, 2.24) is 10.2 Å². The molecule has 0 aliphatic carbocycles. The molecule has 2 N–H and O–H groups in total. The summed E-state index contributed by atoms with van der Waals surface area (Å²) >= 11 is 6.20. The van der Waals surface area contributed by atoms with Gasteiger partial charge in [0.15, 0.2) is 0 Å². The third-order valence-electron chi connectivity index (χ3n) is 6.53. The van der Waals surface area contributed by atoms with Crippen molar-refractivity contribution in [3.8, 4) is 0 Å². The van der Waals surface area contributed by atoms with Gasteiger partial charge in [0.1, 0.15) is 12.5 Å². The summed E-state index contributed by atoms with van der Waals surface area (Å²) in [5, 5.41) is 12.9. The molecule has 1 aliphatic heterocycles. The van der Waals surface area contributed by atoms with Gasteiger partial charge in [-0.1, -0.05) is 84.4 Å². The van der Waals surface area contributed by atoms with E-state index in [0.717, 1.165) is 16.0 Å². The Morgan fingerprint density at radius 1 is 1.00 bits per heavy atom. The zero-order valence-corrected chi connectivity index (χ0v) is 21.1. The Hall–Kier alpha value is -3.97. The third-order valence-corrected chi connectivity index (χ3v) is 6.77. The molecule has 3 aromatic rings. The summed E-state index contributed by atoms with van der Waals surface area (Å²) in [5.41, 5.74) is 3.20. The van der Waals surface area contributed by atoms with Crippen molar-refractivity contribution >= 4 is 35.2 Å².